The molecule has 2 amide bonds. The quantitative estimate of drug-likeness (QED) is 0.519. The second kappa shape index (κ2) is 10.9. The van der Waals surface area contributed by atoms with E-state index in [0.717, 1.165) is 74.9 Å². The lowest BCUT2D eigenvalue weighted by Gasteiger charge is -2.34. The number of methoxy groups -OCH3 is 1. The van der Waals surface area contributed by atoms with E-state index in [1.807, 2.05) is 23.1 Å². The van der Waals surface area contributed by atoms with Crippen LogP contribution >= 0.6 is 0 Å². The van der Waals surface area contributed by atoms with Gasteiger partial charge in [0.2, 0.25) is 11.8 Å². The Morgan fingerprint density at radius 1 is 1.24 bits per heavy atom. The van der Waals surface area contributed by atoms with Gasteiger partial charge in [-0.1, -0.05) is 25.0 Å². The number of benzene rings is 1. The van der Waals surface area contributed by atoms with Crippen LogP contribution in [-0.4, -0.2) is 59.1 Å². The van der Waals surface area contributed by atoms with E-state index in [9.17, 15) is 9.59 Å². The fourth-order valence-corrected chi connectivity index (χ4v) is 5.95. The Morgan fingerprint density at radius 2 is 2.00 bits per heavy atom. The van der Waals surface area contributed by atoms with E-state index < -0.39 is 5.41 Å². The second-order valence-corrected chi connectivity index (χ2v) is 10.2. The van der Waals surface area contributed by atoms with E-state index in [-0.39, 0.29) is 30.2 Å². The summed E-state index contributed by atoms with van der Waals surface area (Å²) in [5.41, 5.74) is 13.7. The predicted octanol–water partition coefficient (Wildman–Crippen LogP) is 2.93. The zero-order valence-corrected chi connectivity index (χ0v) is 20.4. The number of fused-ring (bicyclic) bond motifs is 1. The van der Waals surface area contributed by atoms with Crippen LogP contribution < -0.4 is 11.5 Å². The predicted molar refractivity (Wildman–Crippen MR) is 132 cm³/mol. The zero-order valence-electron chi connectivity index (χ0n) is 20.4. The summed E-state index contributed by atoms with van der Waals surface area (Å²) in [6, 6.07) is 7.87. The summed E-state index contributed by atoms with van der Waals surface area (Å²) in [6.45, 7) is 2.94. The first-order valence-corrected chi connectivity index (χ1v) is 12.7. The summed E-state index contributed by atoms with van der Waals surface area (Å²) in [5, 5.41) is 0. The van der Waals surface area contributed by atoms with E-state index >= 15 is 0 Å². The Hall–Kier alpha value is -2.45. The molecule has 2 aliphatic rings. The van der Waals surface area contributed by atoms with Crippen LogP contribution in [0.1, 0.15) is 69.5 Å². The number of nitrogens with zero attached hydrogens (tertiary/aromatic N) is 3. The van der Waals surface area contributed by atoms with Gasteiger partial charge in [0.1, 0.15) is 5.82 Å². The fraction of sp³-hybridized carbons (Fsp3) is 0.654. The minimum absolute atomic E-state index is 0.0665. The summed E-state index contributed by atoms with van der Waals surface area (Å²) in [5.74, 6) is 1.04. The Morgan fingerprint density at radius 3 is 2.74 bits per heavy atom. The third kappa shape index (κ3) is 5.28. The van der Waals surface area contributed by atoms with Gasteiger partial charge in [-0.05, 0) is 50.7 Å². The van der Waals surface area contributed by atoms with E-state index in [0.29, 0.717) is 19.6 Å². The molecule has 4 N–H and O–H groups in total. The molecule has 1 saturated heterocycles. The summed E-state index contributed by atoms with van der Waals surface area (Å²) in [7, 11) is 1.72. The number of rotatable bonds is 10. The molecule has 2 fully saturated rings. The van der Waals surface area contributed by atoms with Crippen LogP contribution in [-0.2, 0) is 20.9 Å². The molecule has 1 aliphatic carbocycles. The van der Waals surface area contributed by atoms with Crippen LogP contribution in [0.2, 0.25) is 0 Å². The standard InChI is InChI=1S/C26H39N5O3/c1-34-15-7-14-31-22-10-3-2-9-21(22)29-24(31)19-8-6-13-30(18-19)23(32)16-20(27)17-26(25(28)33)11-4-5-12-26/h2-3,9-10,19-20H,4-8,11-18,27H2,1H3,(H2,28,33)/t19-,20-/m1/s1. The number of piperidine rings is 1. The molecule has 8 nitrogen and oxygen atoms in total. The molecule has 34 heavy (non-hydrogen) atoms. The second-order valence-electron chi connectivity index (χ2n) is 10.2. The molecule has 1 aromatic carbocycles. The molecule has 186 valence electrons. The summed E-state index contributed by atoms with van der Waals surface area (Å²) in [6.07, 6.45) is 7.20. The molecule has 1 aromatic heterocycles. The van der Waals surface area contributed by atoms with Gasteiger partial charge in [0.05, 0.1) is 16.4 Å². The SMILES string of the molecule is COCCCn1c([C@@H]2CCCN(C(=O)C[C@@H](N)CC3(C(N)=O)CCCC3)C2)nc2ccccc21. The molecule has 4 rings (SSSR count). The van der Waals surface area contributed by atoms with Crippen molar-refractivity contribution in [1.29, 1.82) is 0 Å². The normalized spacial score (nSPS) is 21.1. The lowest BCUT2D eigenvalue weighted by atomic mass is 9.78. The number of hydrogen-bond acceptors (Lipinski definition) is 5. The number of ether oxygens (including phenoxy) is 1. The van der Waals surface area contributed by atoms with Crippen molar-refractivity contribution in [2.75, 3.05) is 26.8 Å². The van der Waals surface area contributed by atoms with Crippen LogP contribution in [0, 0.1) is 5.41 Å². The van der Waals surface area contributed by atoms with E-state index in [1.165, 1.54) is 0 Å². The van der Waals surface area contributed by atoms with Gasteiger partial charge in [0, 0.05) is 51.7 Å². The maximum Gasteiger partial charge on any atom is 0.224 e. The van der Waals surface area contributed by atoms with Crippen molar-refractivity contribution in [3.8, 4) is 0 Å². The number of hydrogen-bond donors (Lipinski definition) is 2. The van der Waals surface area contributed by atoms with Crippen molar-refractivity contribution in [2.45, 2.75) is 76.3 Å². The fourth-order valence-electron chi connectivity index (χ4n) is 5.95. The molecule has 0 bridgehead atoms. The van der Waals surface area contributed by atoms with Crippen molar-refractivity contribution < 1.29 is 14.3 Å². The molecule has 2 heterocycles. The van der Waals surface area contributed by atoms with E-state index in [4.69, 9.17) is 21.2 Å². The van der Waals surface area contributed by atoms with Gasteiger partial charge in [-0.2, -0.15) is 0 Å². The highest BCUT2D eigenvalue weighted by Crippen LogP contribution is 2.42. The zero-order chi connectivity index (χ0) is 24.1. The smallest absolute Gasteiger partial charge is 0.224 e. The third-order valence-corrected chi connectivity index (χ3v) is 7.73. The van der Waals surface area contributed by atoms with Gasteiger partial charge in [-0.15, -0.1) is 0 Å². The van der Waals surface area contributed by atoms with Gasteiger partial charge in [-0.3, -0.25) is 9.59 Å². The highest BCUT2D eigenvalue weighted by Gasteiger charge is 2.41. The monoisotopic (exact) mass is 469 g/mol. The topological polar surface area (TPSA) is 116 Å². The molecule has 0 radical (unpaired) electrons. The Labute approximate surface area is 202 Å². The summed E-state index contributed by atoms with van der Waals surface area (Å²) in [4.78, 5) is 32.2. The Bertz CT molecular complexity index is 997. The Balaban J connectivity index is 1.44. The lowest BCUT2D eigenvalue weighted by molar-refractivity contribution is -0.134. The van der Waals surface area contributed by atoms with Crippen molar-refractivity contribution in [1.82, 2.24) is 14.5 Å². The van der Waals surface area contributed by atoms with Gasteiger partial charge in [0.25, 0.3) is 0 Å². The van der Waals surface area contributed by atoms with Crippen molar-refractivity contribution in [3.05, 3.63) is 30.1 Å². The highest BCUT2D eigenvalue weighted by molar-refractivity contribution is 5.82. The molecule has 1 aliphatic heterocycles. The van der Waals surface area contributed by atoms with Crippen molar-refractivity contribution >= 4 is 22.8 Å². The first-order valence-electron chi connectivity index (χ1n) is 12.7. The molecular weight excluding hydrogens is 430 g/mol. The lowest BCUT2D eigenvalue weighted by Crippen LogP contribution is -2.44. The van der Waals surface area contributed by atoms with Crippen LogP contribution in [0.4, 0.5) is 0 Å². The van der Waals surface area contributed by atoms with Gasteiger partial charge in [0.15, 0.2) is 0 Å². The first kappa shape index (κ1) is 24.7. The summed E-state index contributed by atoms with van der Waals surface area (Å²) < 4.78 is 7.57. The van der Waals surface area contributed by atoms with Crippen LogP contribution in [0.3, 0.4) is 0 Å². The number of nitrogens with two attached hydrogens (primary N) is 2. The molecule has 0 unspecified atom stereocenters. The number of imidazole rings is 1. The number of carbonyl (C=O) groups is 2. The maximum atomic E-state index is 13.2. The number of para-hydroxylation sites is 2. The number of aryl methyl sites for hydroxylation is 1. The first-order chi connectivity index (χ1) is 16.4. The molecule has 2 aromatic rings. The van der Waals surface area contributed by atoms with Crippen molar-refractivity contribution in [2.24, 2.45) is 16.9 Å². The number of likely N-dealkylation sites (tertiary alicyclic amines) is 1. The van der Waals surface area contributed by atoms with Gasteiger partial charge < -0.3 is 25.7 Å². The van der Waals surface area contributed by atoms with E-state index in [1.54, 1.807) is 7.11 Å². The molecule has 1 saturated carbocycles. The minimum atomic E-state index is -0.531. The van der Waals surface area contributed by atoms with E-state index in [2.05, 4.69) is 10.6 Å². The largest absolute Gasteiger partial charge is 0.385 e. The average molecular weight is 470 g/mol. The van der Waals surface area contributed by atoms with Gasteiger partial charge >= 0.3 is 0 Å². The summed E-state index contributed by atoms with van der Waals surface area (Å²) >= 11 is 0. The van der Waals surface area contributed by atoms with Crippen LogP contribution in [0.15, 0.2) is 24.3 Å². The van der Waals surface area contributed by atoms with Crippen LogP contribution in [0.5, 0.6) is 0 Å². The maximum absolute atomic E-state index is 13.2. The number of carbonyl (C=O) groups excluding carboxylic acids is 2. The van der Waals surface area contributed by atoms with Crippen LogP contribution in [0.25, 0.3) is 11.0 Å². The molecule has 8 heteroatoms. The third-order valence-electron chi connectivity index (χ3n) is 7.73. The molecule has 0 spiro atoms. The number of aromatic nitrogens is 2. The van der Waals surface area contributed by atoms with Gasteiger partial charge in [-0.25, -0.2) is 4.98 Å². The minimum Gasteiger partial charge on any atom is -0.385 e. The molecular formula is C26H39N5O3. The number of amides is 2. The van der Waals surface area contributed by atoms with Crippen molar-refractivity contribution in [3.63, 3.8) is 0 Å². The number of primary amides is 1. The average Bonchev–Trinajstić information content (AvgIpc) is 3.45. The Kier molecular flexibility index (Phi) is 7.88. The highest BCUT2D eigenvalue weighted by atomic mass is 16.5. The molecule has 2 atom stereocenters.